The maximum absolute atomic E-state index is 12.1. The largest absolute Gasteiger partial charge is 0.399 e. The maximum atomic E-state index is 12.1. The summed E-state index contributed by atoms with van der Waals surface area (Å²) in [6.45, 7) is 1.28. The lowest BCUT2D eigenvalue weighted by molar-refractivity contribution is -0.122. The highest BCUT2D eigenvalue weighted by Gasteiger charge is 2.26. The fourth-order valence-electron chi connectivity index (χ4n) is 2.20. The first-order valence-electron chi connectivity index (χ1n) is 8.24. The predicted octanol–water partition coefficient (Wildman–Crippen LogP) is 1.44. The summed E-state index contributed by atoms with van der Waals surface area (Å²) in [6, 6.07) is 12.0. The molecule has 0 heterocycles. The summed E-state index contributed by atoms with van der Waals surface area (Å²) in [4.78, 5) is 33.9. The minimum atomic E-state index is -1.40. The van der Waals surface area contributed by atoms with Crippen molar-refractivity contribution in [1.82, 2.24) is 5.32 Å². The fraction of sp³-hybridized carbons (Fsp3) is 0.143. The molecule has 0 fully saturated rings. The van der Waals surface area contributed by atoms with Gasteiger partial charge in [0.25, 0.3) is 5.91 Å². The van der Waals surface area contributed by atoms with Crippen LogP contribution in [0.2, 0.25) is 0 Å². The maximum Gasteiger partial charge on any atom is 0.311 e. The van der Waals surface area contributed by atoms with Crippen molar-refractivity contribution in [3.63, 3.8) is 0 Å². The van der Waals surface area contributed by atoms with E-state index in [0.29, 0.717) is 11.3 Å². The molecule has 2 amide bonds. The number of nitrogens with two attached hydrogens (primary N) is 1. The van der Waals surface area contributed by atoms with E-state index in [2.05, 4.69) is 34.2 Å². The van der Waals surface area contributed by atoms with Gasteiger partial charge in [0.05, 0.1) is 6.10 Å². The van der Waals surface area contributed by atoms with Crippen molar-refractivity contribution in [2.75, 3.05) is 5.73 Å². The van der Waals surface area contributed by atoms with E-state index in [1.165, 1.54) is 19.1 Å². The quantitative estimate of drug-likeness (QED) is 0.424. The smallest absolute Gasteiger partial charge is 0.311 e. The molecule has 2 atom stereocenters. The number of hydrogen-bond donors (Lipinski definition) is 3. The Labute approximate surface area is 161 Å². The van der Waals surface area contributed by atoms with E-state index in [1.807, 2.05) is 6.07 Å². The van der Waals surface area contributed by atoms with Gasteiger partial charge in [-0.25, -0.2) is 0 Å². The number of hydrogen-bond acceptors (Lipinski definition) is 5. The highest BCUT2D eigenvalue weighted by molar-refractivity contribution is 5.97. The van der Waals surface area contributed by atoms with Gasteiger partial charge >= 0.3 is 5.91 Å². The molecule has 0 bridgehead atoms. The molecule has 7 nitrogen and oxygen atoms in total. The molecule has 0 aromatic heterocycles. The molecule has 0 aliphatic carbocycles. The SMILES string of the molecule is C[C@@H](O)[C@H](NC(=O)c1ccc(C#CC#Cc2cccc(N)c2)cc1)C(=O)N=O. The van der Waals surface area contributed by atoms with Gasteiger partial charge < -0.3 is 16.2 Å². The second-order valence-corrected chi connectivity index (χ2v) is 5.82. The normalized spacial score (nSPS) is 11.6. The predicted molar refractivity (Wildman–Crippen MR) is 105 cm³/mol. The Kier molecular flexibility index (Phi) is 7.04. The molecular weight excluding hydrogens is 358 g/mol. The molecule has 0 aliphatic heterocycles. The molecule has 0 radical (unpaired) electrons. The Bertz CT molecular complexity index is 1010. The summed E-state index contributed by atoms with van der Waals surface area (Å²) in [6.07, 6.45) is -1.25. The number of aliphatic hydroxyl groups excluding tert-OH is 1. The van der Waals surface area contributed by atoms with E-state index in [-0.39, 0.29) is 5.56 Å². The number of nitroso groups, excluding NO2 is 1. The molecule has 0 aliphatic rings. The van der Waals surface area contributed by atoms with E-state index >= 15 is 0 Å². The third-order valence-electron chi connectivity index (χ3n) is 3.63. The highest BCUT2D eigenvalue weighted by atomic mass is 16.3. The molecule has 140 valence electrons. The number of amides is 2. The van der Waals surface area contributed by atoms with E-state index in [4.69, 9.17) is 5.73 Å². The van der Waals surface area contributed by atoms with E-state index in [9.17, 15) is 19.6 Å². The topological polar surface area (TPSA) is 122 Å². The minimum Gasteiger partial charge on any atom is -0.399 e. The number of carbonyl (C=O) groups excluding carboxylic acids is 2. The average molecular weight is 375 g/mol. The van der Waals surface area contributed by atoms with Crippen LogP contribution in [0.1, 0.15) is 28.4 Å². The Morgan fingerprint density at radius 3 is 2.29 bits per heavy atom. The second kappa shape index (κ2) is 9.67. The van der Waals surface area contributed by atoms with Gasteiger partial charge in [-0.15, -0.1) is 4.91 Å². The van der Waals surface area contributed by atoms with E-state index < -0.39 is 24.0 Å². The molecule has 0 saturated carbocycles. The number of benzene rings is 2. The number of nitrogen functional groups attached to an aromatic ring is 1. The first-order valence-corrected chi connectivity index (χ1v) is 8.24. The van der Waals surface area contributed by atoms with Crippen LogP contribution in [-0.4, -0.2) is 29.1 Å². The summed E-state index contributed by atoms with van der Waals surface area (Å²) in [5.41, 5.74) is 7.93. The van der Waals surface area contributed by atoms with Gasteiger partial charge in [-0.05, 0) is 61.2 Å². The average Bonchev–Trinajstić information content (AvgIpc) is 2.69. The number of carbonyl (C=O) groups is 2. The van der Waals surface area contributed by atoms with Gasteiger partial charge in [-0.2, -0.15) is 0 Å². The molecule has 2 aromatic carbocycles. The standard InChI is InChI=1S/C21H17N3O4/c1-14(25)19(21(27)24-28)23-20(26)17-11-9-15(10-12-17)5-2-3-6-16-7-4-8-18(22)13-16/h4,7-14,19,25H,22H2,1H3,(H,23,26)/t14-,19+/m1/s1. The first kappa shape index (κ1) is 20.4. The fourth-order valence-corrected chi connectivity index (χ4v) is 2.20. The third-order valence-corrected chi connectivity index (χ3v) is 3.63. The van der Waals surface area contributed by atoms with E-state index in [1.54, 1.807) is 30.3 Å². The molecule has 2 aromatic rings. The van der Waals surface area contributed by atoms with Crippen LogP contribution in [0.4, 0.5) is 5.69 Å². The van der Waals surface area contributed by atoms with Crippen molar-refractivity contribution in [3.8, 4) is 23.7 Å². The van der Waals surface area contributed by atoms with Gasteiger partial charge in [0.2, 0.25) is 0 Å². The van der Waals surface area contributed by atoms with Gasteiger partial charge in [-0.1, -0.05) is 17.9 Å². The Hall–Kier alpha value is -3.94. The van der Waals surface area contributed by atoms with Crippen molar-refractivity contribution in [3.05, 3.63) is 70.1 Å². The number of nitrogens with zero attached hydrogens (tertiary/aromatic N) is 1. The molecular formula is C21H17N3O4. The Morgan fingerprint density at radius 1 is 1.07 bits per heavy atom. The first-order chi connectivity index (χ1) is 13.4. The monoisotopic (exact) mass is 375 g/mol. The Morgan fingerprint density at radius 2 is 1.71 bits per heavy atom. The molecule has 0 spiro atoms. The van der Waals surface area contributed by atoms with Crippen LogP contribution in [0.3, 0.4) is 0 Å². The lowest BCUT2D eigenvalue weighted by Crippen LogP contribution is -2.47. The van der Waals surface area contributed by atoms with Crippen LogP contribution in [0, 0.1) is 28.6 Å². The van der Waals surface area contributed by atoms with Gasteiger partial charge in [-0.3, -0.25) is 9.59 Å². The zero-order valence-corrected chi connectivity index (χ0v) is 15.0. The number of nitrogens with one attached hydrogen (secondary N) is 1. The molecule has 28 heavy (non-hydrogen) atoms. The van der Waals surface area contributed by atoms with Crippen LogP contribution in [0.5, 0.6) is 0 Å². The van der Waals surface area contributed by atoms with Gasteiger partial charge in [0.15, 0.2) is 0 Å². The highest BCUT2D eigenvalue weighted by Crippen LogP contribution is 2.06. The van der Waals surface area contributed by atoms with Crippen molar-refractivity contribution in [1.29, 1.82) is 0 Å². The van der Waals surface area contributed by atoms with Crippen molar-refractivity contribution >= 4 is 17.5 Å². The van der Waals surface area contributed by atoms with Gasteiger partial charge in [0.1, 0.15) is 6.04 Å². The molecule has 4 N–H and O–H groups in total. The third kappa shape index (κ3) is 5.80. The molecule has 0 saturated heterocycles. The van der Waals surface area contributed by atoms with Crippen LogP contribution >= 0.6 is 0 Å². The number of anilines is 1. The summed E-state index contributed by atoms with van der Waals surface area (Å²) in [5.74, 6) is 9.38. The van der Waals surface area contributed by atoms with Crippen LogP contribution in [-0.2, 0) is 4.79 Å². The summed E-state index contributed by atoms with van der Waals surface area (Å²) in [5, 5.41) is 14.0. The van der Waals surface area contributed by atoms with Crippen LogP contribution < -0.4 is 11.1 Å². The summed E-state index contributed by atoms with van der Waals surface area (Å²) in [7, 11) is 0. The second-order valence-electron chi connectivity index (χ2n) is 5.82. The van der Waals surface area contributed by atoms with Crippen molar-refractivity contribution < 1.29 is 14.7 Å². The molecule has 0 unspecified atom stereocenters. The lowest BCUT2D eigenvalue weighted by atomic mass is 10.1. The van der Waals surface area contributed by atoms with Crippen molar-refractivity contribution in [2.24, 2.45) is 5.18 Å². The summed E-state index contributed by atoms with van der Waals surface area (Å²) >= 11 is 0. The Balaban J connectivity index is 2.05. The number of aliphatic hydroxyl groups is 1. The van der Waals surface area contributed by atoms with Crippen molar-refractivity contribution in [2.45, 2.75) is 19.1 Å². The minimum absolute atomic E-state index is 0.237. The summed E-state index contributed by atoms with van der Waals surface area (Å²) < 4.78 is 0. The van der Waals surface area contributed by atoms with Crippen LogP contribution in [0.25, 0.3) is 0 Å². The van der Waals surface area contributed by atoms with Gasteiger partial charge in [0, 0.05) is 27.6 Å². The molecule has 7 heteroatoms. The zero-order chi connectivity index (χ0) is 20.5. The zero-order valence-electron chi connectivity index (χ0n) is 15.0. The van der Waals surface area contributed by atoms with Crippen LogP contribution in [0.15, 0.2) is 53.7 Å². The number of rotatable bonds is 4. The lowest BCUT2D eigenvalue weighted by Gasteiger charge is -2.16. The molecule has 2 rings (SSSR count). The van der Waals surface area contributed by atoms with E-state index in [0.717, 1.165) is 5.56 Å².